The molecule has 0 saturated carbocycles. The van der Waals surface area contributed by atoms with Crippen LogP contribution in [0.15, 0.2) is 82.7 Å². The molecule has 164 valence electrons. The average Bonchev–Trinajstić information content (AvgIpc) is 3.24. The zero-order valence-corrected chi connectivity index (χ0v) is 19.1. The van der Waals surface area contributed by atoms with E-state index in [1.807, 2.05) is 67.6 Å². The van der Waals surface area contributed by atoms with Crippen molar-refractivity contribution in [3.05, 3.63) is 105 Å². The summed E-state index contributed by atoms with van der Waals surface area (Å²) >= 11 is 6.47. The van der Waals surface area contributed by atoms with Gasteiger partial charge in [-0.15, -0.1) is 0 Å². The molecule has 5 nitrogen and oxygen atoms in total. The third kappa shape index (κ3) is 3.74. The quantitative estimate of drug-likeness (QED) is 0.420. The predicted octanol–water partition coefficient (Wildman–Crippen LogP) is 5.85. The van der Waals surface area contributed by atoms with E-state index in [0.29, 0.717) is 22.7 Å². The molecule has 1 atom stereocenters. The van der Waals surface area contributed by atoms with Gasteiger partial charge in [-0.2, -0.15) is 5.10 Å². The number of nitrogens with one attached hydrogen (secondary N) is 1. The molecular weight excluding hydrogens is 434 g/mol. The van der Waals surface area contributed by atoms with E-state index in [9.17, 15) is 9.59 Å². The lowest BCUT2D eigenvalue weighted by atomic mass is 9.90. The first-order chi connectivity index (χ1) is 15.9. The SMILES string of the molecule is CC(=O)N1N=C(c2c(-c3ccccc3)c3cc(C)ccc3[nH]c2=O)C[C@@H]1c1ccccc1Cl. The number of carbonyl (C=O) groups is 1. The van der Waals surface area contributed by atoms with Crippen molar-refractivity contribution < 1.29 is 4.79 Å². The van der Waals surface area contributed by atoms with Gasteiger partial charge in [-0.3, -0.25) is 9.59 Å². The number of hydrazone groups is 1. The van der Waals surface area contributed by atoms with Crippen molar-refractivity contribution >= 4 is 34.1 Å². The smallest absolute Gasteiger partial charge is 0.258 e. The number of fused-ring (bicyclic) bond motifs is 1. The highest BCUT2D eigenvalue weighted by atomic mass is 35.5. The maximum absolute atomic E-state index is 13.4. The number of carbonyl (C=O) groups excluding carboxylic acids is 1. The highest BCUT2D eigenvalue weighted by molar-refractivity contribution is 6.31. The van der Waals surface area contributed by atoms with E-state index >= 15 is 0 Å². The number of pyridine rings is 1. The molecule has 0 radical (unpaired) electrons. The Morgan fingerprint density at radius 1 is 1.03 bits per heavy atom. The number of halogens is 1. The Balaban J connectivity index is 1.76. The van der Waals surface area contributed by atoms with Gasteiger partial charge in [0.1, 0.15) is 0 Å². The number of aromatic nitrogens is 1. The van der Waals surface area contributed by atoms with Crippen molar-refractivity contribution in [2.24, 2.45) is 5.10 Å². The fourth-order valence-electron chi connectivity index (χ4n) is 4.53. The van der Waals surface area contributed by atoms with Gasteiger partial charge in [0.2, 0.25) is 5.91 Å². The van der Waals surface area contributed by atoms with Crippen LogP contribution in [0.1, 0.15) is 36.1 Å². The van der Waals surface area contributed by atoms with E-state index in [-0.39, 0.29) is 17.5 Å². The zero-order valence-electron chi connectivity index (χ0n) is 18.3. The van der Waals surface area contributed by atoms with Gasteiger partial charge < -0.3 is 4.98 Å². The number of nitrogens with zero attached hydrogens (tertiary/aromatic N) is 2. The molecule has 1 aromatic heterocycles. The van der Waals surface area contributed by atoms with Crippen LogP contribution in [-0.4, -0.2) is 21.6 Å². The fraction of sp³-hybridized carbons (Fsp3) is 0.148. The third-order valence-corrected chi connectivity index (χ3v) is 6.36. The van der Waals surface area contributed by atoms with Crippen LogP contribution in [0, 0.1) is 6.92 Å². The van der Waals surface area contributed by atoms with Gasteiger partial charge in [-0.1, -0.05) is 71.8 Å². The van der Waals surface area contributed by atoms with Gasteiger partial charge in [0.25, 0.3) is 5.56 Å². The molecule has 6 heteroatoms. The second-order valence-electron chi connectivity index (χ2n) is 8.27. The van der Waals surface area contributed by atoms with Crippen molar-refractivity contribution in [1.82, 2.24) is 9.99 Å². The lowest BCUT2D eigenvalue weighted by Gasteiger charge is -2.21. The number of H-pyrrole nitrogens is 1. The molecule has 0 bridgehead atoms. The van der Waals surface area contributed by atoms with E-state index in [2.05, 4.69) is 16.2 Å². The summed E-state index contributed by atoms with van der Waals surface area (Å²) in [6.45, 7) is 3.50. The first-order valence-electron chi connectivity index (χ1n) is 10.8. The summed E-state index contributed by atoms with van der Waals surface area (Å²) < 4.78 is 0. The lowest BCUT2D eigenvalue weighted by Crippen LogP contribution is -2.24. The van der Waals surface area contributed by atoms with Crippen LogP contribution in [0.2, 0.25) is 5.02 Å². The minimum absolute atomic E-state index is 0.204. The topological polar surface area (TPSA) is 65.5 Å². The Hall–Kier alpha value is -3.70. The van der Waals surface area contributed by atoms with Crippen LogP contribution in [0.5, 0.6) is 0 Å². The standard InChI is InChI=1S/C27H22ClN3O2/c1-16-12-13-22-20(14-16)25(18-8-4-3-5-9-18)26(27(33)29-22)23-15-24(31(30-23)17(2)32)19-10-6-7-11-21(19)28/h3-14,24H,15H2,1-2H3,(H,29,33)/t24-/m1/s1. The molecule has 3 aromatic carbocycles. The molecule has 0 unspecified atom stereocenters. The number of benzene rings is 3. The van der Waals surface area contributed by atoms with Crippen molar-refractivity contribution in [3.8, 4) is 11.1 Å². The summed E-state index contributed by atoms with van der Waals surface area (Å²) in [5.74, 6) is -0.204. The van der Waals surface area contributed by atoms with Crippen LogP contribution >= 0.6 is 11.6 Å². The van der Waals surface area contributed by atoms with E-state index < -0.39 is 0 Å². The van der Waals surface area contributed by atoms with Crippen LogP contribution < -0.4 is 5.56 Å². The van der Waals surface area contributed by atoms with Gasteiger partial charge in [0.15, 0.2) is 0 Å². The van der Waals surface area contributed by atoms with Crippen molar-refractivity contribution in [1.29, 1.82) is 0 Å². The molecule has 1 aliphatic heterocycles. The summed E-state index contributed by atoms with van der Waals surface area (Å²) in [4.78, 5) is 28.9. The third-order valence-electron chi connectivity index (χ3n) is 6.02. The van der Waals surface area contributed by atoms with Gasteiger partial charge in [0, 0.05) is 34.8 Å². The monoisotopic (exact) mass is 455 g/mol. The van der Waals surface area contributed by atoms with Gasteiger partial charge >= 0.3 is 0 Å². The van der Waals surface area contributed by atoms with Crippen LogP contribution in [0.4, 0.5) is 0 Å². The largest absolute Gasteiger partial charge is 0.321 e. The number of aryl methyl sites for hydroxylation is 1. The van der Waals surface area contributed by atoms with Gasteiger partial charge in [0.05, 0.1) is 17.3 Å². The first kappa shape index (κ1) is 21.2. The summed E-state index contributed by atoms with van der Waals surface area (Å²) in [7, 11) is 0. The number of rotatable bonds is 3. The Bertz CT molecular complexity index is 1470. The number of hydrogen-bond acceptors (Lipinski definition) is 3. The molecule has 0 saturated heterocycles. The fourth-order valence-corrected chi connectivity index (χ4v) is 4.79. The minimum atomic E-state index is -0.373. The van der Waals surface area contributed by atoms with E-state index in [1.165, 1.54) is 11.9 Å². The molecule has 0 aliphatic carbocycles. The zero-order chi connectivity index (χ0) is 23.1. The van der Waals surface area contributed by atoms with Crippen molar-refractivity contribution in [2.75, 3.05) is 0 Å². The van der Waals surface area contributed by atoms with Crippen LogP contribution in [0.3, 0.4) is 0 Å². The Labute approximate surface area is 196 Å². The highest BCUT2D eigenvalue weighted by Crippen LogP contribution is 2.38. The second-order valence-corrected chi connectivity index (χ2v) is 8.68. The molecule has 33 heavy (non-hydrogen) atoms. The molecule has 5 rings (SSSR count). The first-order valence-corrected chi connectivity index (χ1v) is 11.2. The normalized spacial score (nSPS) is 15.7. The van der Waals surface area contributed by atoms with Crippen molar-refractivity contribution in [3.63, 3.8) is 0 Å². The molecule has 0 spiro atoms. The molecule has 1 aliphatic rings. The van der Waals surface area contributed by atoms with E-state index in [1.54, 1.807) is 6.07 Å². The molecular formula is C27H22ClN3O2. The van der Waals surface area contributed by atoms with E-state index in [0.717, 1.165) is 33.2 Å². The summed E-state index contributed by atoms with van der Waals surface area (Å²) in [5, 5.41) is 7.60. The van der Waals surface area contributed by atoms with Gasteiger partial charge in [-0.05, 0) is 36.2 Å². The van der Waals surface area contributed by atoms with Crippen LogP contribution in [0.25, 0.3) is 22.0 Å². The van der Waals surface area contributed by atoms with Crippen LogP contribution in [-0.2, 0) is 4.79 Å². The molecule has 2 heterocycles. The van der Waals surface area contributed by atoms with Crippen molar-refractivity contribution in [2.45, 2.75) is 26.3 Å². The highest BCUT2D eigenvalue weighted by Gasteiger charge is 2.35. The minimum Gasteiger partial charge on any atom is -0.321 e. The Morgan fingerprint density at radius 3 is 2.48 bits per heavy atom. The summed E-state index contributed by atoms with van der Waals surface area (Å²) in [5.41, 5.74) is 5.23. The second kappa shape index (κ2) is 8.34. The van der Waals surface area contributed by atoms with Gasteiger partial charge in [-0.25, -0.2) is 5.01 Å². The summed E-state index contributed by atoms with van der Waals surface area (Å²) in [6.07, 6.45) is 0.392. The number of hydrogen-bond donors (Lipinski definition) is 1. The Morgan fingerprint density at radius 2 is 1.76 bits per heavy atom. The molecule has 0 fully saturated rings. The lowest BCUT2D eigenvalue weighted by molar-refractivity contribution is -0.130. The predicted molar refractivity (Wildman–Crippen MR) is 133 cm³/mol. The number of aromatic amines is 1. The van der Waals surface area contributed by atoms with E-state index in [4.69, 9.17) is 11.6 Å². The number of amides is 1. The summed E-state index contributed by atoms with van der Waals surface area (Å²) in [6, 6.07) is 22.9. The maximum atomic E-state index is 13.4. The molecule has 1 amide bonds. The molecule has 4 aromatic rings. The molecule has 1 N–H and O–H groups in total. The average molecular weight is 456 g/mol. The Kier molecular flexibility index (Phi) is 5.35. The maximum Gasteiger partial charge on any atom is 0.258 e.